The maximum Gasteiger partial charge on any atom is 0.303 e. The van der Waals surface area contributed by atoms with E-state index in [-0.39, 0.29) is 43.6 Å². The van der Waals surface area contributed by atoms with Crippen molar-refractivity contribution in [1.82, 2.24) is 4.90 Å². The number of aliphatic carboxylic acids is 1. The molecule has 3 aromatic carbocycles. The van der Waals surface area contributed by atoms with E-state index in [1.165, 1.54) is 5.56 Å². The monoisotopic (exact) mass is 560 g/mol. The number of nitrogens with one attached hydrogen (secondary N) is 1. The minimum atomic E-state index is -0.854. The smallest absolute Gasteiger partial charge is 0.303 e. The Kier molecular flexibility index (Phi) is 11.0. The Bertz CT molecular complexity index is 1270. The third-order valence-corrected chi connectivity index (χ3v) is 7.54. The Morgan fingerprint density at radius 1 is 0.951 bits per heavy atom. The minimum absolute atomic E-state index is 0.0135. The van der Waals surface area contributed by atoms with Crippen LogP contribution in [0.3, 0.4) is 0 Å². The molecule has 41 heavy (non-hydrogen) atoms. The normalized spacial score (nSPS) is 19.6. The minimum Gasteiger partial charge on any atom is -0.481 e. The van der Waals surface area contributed by atoms with E-state index >= 15 is 0 Å². The highest BCUT2D eigenvalue weighted by Crippen LogP contribution is 2.39. The third kappa shape index (κ3) is 8.96. The number of rotatable bonds is 13. The number of ether oxygens (including phenoxy) is 2. The summed E-state index contributed by atoms with van der Waals surface area (Å²) in [5.41, 5.74) is 4.54. The molecular weight excluding hydrogens is 520 g/mol. The van der Waals surface area contributed by atoms with Crippen LogP contribution in [0.5, 0.6) is 0 Å². The van der Waals surface area contributed by atoms with Gasteiger partial charge in [-0.25, -0.2) is 0 Å². The molecule has 1 aliphatic rings. The summed E-state index contributed by atoms with van der Waals surface area (Å²) in [6, 6.07) is 25.9. The zero-order valence-electron chi connectivity index (χ0n) is 23.7. The predicted octanol–water partition coefficient (Wildman–Crippen LogP) is 6.00. The lowest BCUT2D eigenvalue weighted by atomic mass is 9.99. The SMILES string of the molecule is CC(c1ccccc1)N(C)CC1CC(c2ccc(CO)cc2)OC(c2cccc(NC(=O)CCCCC(=O)O)c2)O1. The molecule has 4 atom stereocenters. The summed E-state index contributed by atoms with van der Waals surface area (Å²) in [7, 11) is 2.10. The number of amides is 1. The summed E-state index contributed by atoms with van der Waals surface area (Å²) in [5, 5.41) is 21.2. The van der Waals surface area contributed by atoms with E-state index in [1.54, 1.807) is 0 Å². The summed E-state index contributed by atoms with van der Waals surface area (Å²) >= 11 is 0. The van der Waals surface area contributed by atoms with E-state index in [9.17, 15) is 14.7 Å². The summed E-state index contributed by atoms with van der Waals surface area (Å²) in [5.74, 6) is -1.01. The molecule has 0 bridgehead atoms. The summed E-state index contributed by atoms with van der Waals surface area (Å²) in [6.07, 6.45) is 1.01. The van der Waals surface area contributed by atoms with Crippen LogP contribution in [0.25, 0.3) is 0 Å². The van der Waals surface area contributed by atoms with Crippen LogP contribution in [0.2, 0.25) is 0 Å². The van der Waals surface area contributed by atoms with Crippen molar-refractivity contribution < 1.29 is 29.3 Å². The molecule has 1 amide bonds. The number of carboxylic acids is 1. The molecule has 0 radical (unpaired) electrons. The summed E-state index contributed by atoms with van der Waals surface area (Å²) < 4.78 is 13.0. The number of carboxylic acid groups (broad SMARTS) is 1. The Hall–Kier alpha value is -3.56. The molecule has 4 rings (SSSR count). The van der Waals surface area contributed by atoms with Crippen molar-refractivity contribution >= 4 is 17.6 Å². The van der Waals surface area contributed by atoms with Gasteiger partial charge in [0, 0.05) is 43.1 Å². The number of unbranched alkanes of at least 4 members (excludes halogenated alkanes) is 1. The number of aliphatic hydroxyl groups excluding tert-OH is 1. The van der Waals surface area contributed by atoms with Crippen molar-refractivity contribution in [2.24, 2.45) is 0 Å². The molecule has 1 aliphatic heterocycles. The van der Waals surface area contributed by atoms with E-state index in [2.05, 4.69) is 48.5 Å². The number of carbonyl (C=O) groups is 2. The van der Waals surface area contributed by atoms with Gasteiger partial charge in [0.25, 0.3) is 0 Å². The lowest BCUT2D eigenvalue weighted by molar-refractivity contribution is -0.253. The number of aliphatic hydroxyl groups is 1. The second-order valence-corrected chi connectivity index (χ2v) is 10.7. The number of hydrogen-bond acceptors (Lipinski definition) is 6. The average molecular weight is 561 g/mol. The van der Waals surface area contributed by atoms with Crippen molar-refractivity contribution in [2.45, 2.75) is 70.2 Å². The molecule has 218 valence electrons. The van der Waals surface area contributed by atoms with Gasteiger partial charge < -0.3 is 25.0 Å². The third-order valence-electron chi connectivity index (χ3n) is 7.54. The molecule has 1 fully saturated rings. The average Bonchev–Trinajstić information content (AvgIpc) is 2.99. The summed E-state index contributed by atoms with van der Waals surface area (Å²) in [4.78, 5) is 25.4. The van der Waals surface area contributed by atoms with Gasteiger partial charge >= 0.3 is 5.97 Å². The Labute approximate surface area is 241 Å². The number of nitrogens with zero attached hydrogens (tertiary/aromatic N) is 1. The topological polar surface area (TPSA) is 108 Å². The van der Waals surface area contributed by atoms with E-state index < -0.39 is 12.3 Å². The number of anilines is 1. The highest BCUT2D eigenvalue weighted by atomic mass is 16.7. The van der Waals surface area contributed by atoms with Crippen LogP contribution in [-0.4, -0.2) is 46.7 Å². The van der Waals surface area contributed by atoms with Gasteiger partial charge in [0.05, 0.1) is 18.8 Å². The first-order valence-electron chi connectivity index (χ1n) is 14.2. The number of likely N-dealkylation sites (N-methyl/N-ethyl adjacent to an activating group) is 1. The number of hydrogen-bond donors (Lipinski definition) is 3. The molecule has 0 saturated carbocycles. The van der Waals surface area contributed by atoms with Crippen LogP contribution in [0, 0.1) is 0 Å². The van der Waals surface area contributed by atoms with Gasteiger partial charge in [0.1, 0.15) is 0 Å². The Balaban J connectivity index is 1.48. The molecule has 1 heterocycles. The maximum atomic E-state index is 12.4. The van der Waals surface area contributed by atoms with E-state index in [1.807, 2.05) is 54.6 Å². The van der Waals surface area contributed by atoms with Crippen molar-refractivity contribution in [1.29, 1.82) is 0 Å². The van der Waals surface area contributed by atoms with Crippen molar-refractivity contribution in [3.8, 4) is 0 Å². The molecule has 8 nitrogen and oxygen atoms in total. The molecule has 8 heteroatoms. The van der Waals surface area contributed by atoms with Gasteiger partial charge in [-0.05, 0) is 55.6 Å². The Morgan fingerprint density at radius 2 is 1.68 bits per heavy atom. The van der Waals surface area contributed by atoms with E-state index in [0.29, 0.717) is 31.5 Å². The van der Waals surface area contributed by atoms with E-state index in [0.717, 1.165) is 16.7 Å². The molecule has 0 spiro atoms. The number of benzene rings is 3. The highest BCUT2D eigenvalue weighted by molar-refractivity contribution is 5.90. The van der Waals surface area contributed by atoms with E-state index in [4.69, 9.17) is 14.6 Å². The molecule has 0 aliphatic carbocycles. The van der Waals surface area contributed by atoms with Crippen molar-refractivity contribution in [3.63, 3.8) is 0 Å². The fraction of sp³-hybridized carbons (Fsp3) is 0.394. The molecule has 3 aromatic rings. The van der Waals surface area contributed by atoms with Gasteiger partial charge in [-0.3, -0.25) is 14.5 Å². The van der Waals surface area contributed by atoms with Gasteiger partial charge in [-0.2, -0.15) is 0 Å². The maximum absolute atomic E-state index is 12.4. The number of carbonyl (C=O) groups excluding carboxylic acids is 1. The van der Waals surface area contributed by atoms with Gasteiger partial charge in [0.15, 0.2) is 6.29 Å². The van der Waals surface area contributed by atoms with Crippen molar-refractivity contribution in [3.05, 3.63) is 101 Å². The molecule has 3 N–H and O–H groups in total. The van der Waals surface area contributed by atoms with Crippen LogP contribution in [0.1, 0.15) is 79.7 Å². The fourth-order valence-corrected chi connectivity index (χ4v) is 5.05. The molecule has 1 saturated heterocycles. The predicted molar refractivity (Wildman–Crippen MR) is 157 cm³/mol. The second-order valence-electron chi connectivity index (χ2n) is 10.7. The van der Waals surface area contributed by atoms with Gasteiger partial charge in [-0.15, -0.1) is 0 Å². The highest BCUT2D eigenvalue weighted by Gasteiger charge is 2.33. The first kappa shape index (κ1) is 30.4. The van der Waals surface area contributed by atoms with Gasteiger partial charge in [0.2, 0.25) is 5.91 Å². The van der Waals surface area contributed by atoms with Crippen LogP contribution in [0.4, 0.5) is 5.69 Å². The zero-order valence-corrected chi connectivity index (χ0v) is 23.7. The first-order valence-corrected chi connectivity index (χ1v) is 14.2. The van der Waals surface area contributed by atoms with Crippen LogP contribution >= 0.6 is 0 Å². The van der Waals surface area contributed by atoms with Crippen LogP contribution in [-0.2, 0) is 25.7 Å². The van der Waals surface area contributed by atoms with Crippen LogP contribution < -0.4 is 5.32 Å². The Morgan fingerprint density at radius 3 is 2.39 bits per heavy atom. The fourth-order valence-electron chi connectivity index (χ4n) is 5.05. The lowest BCUT2D eigenvalue weighted by Gasteiger charge is -2.39. The summed E-state index contributed by atoms with van der Waals surface area (Å²) in [6.45, 7) is 2.87. The second kappa shape index (κ2) is 14.9. The molecular formula is C33H40N2O6. The molecule has 4 unspecified atom stereocenters. The zero-order chi connectivity index (χ0) is 29.2. The first-order chi connectivity index (χ1) is 19.8. The molecule has 0 aromatic heterocycles. The standard InChI is InChI=1S/C33H40N2O6/c1-23(25-9-4-3-5-10-25)35(2)21-29-20-30(26-17-15-24(22-36)16-18-26)41-33(40-29)27-11-8-12-28(19-27)34-31(37)13-6-7-14-32(38)39/h3-5,8-12,15-19,23,29-30,33,36H,6-7,13-14,20-22H2,1-2H3,(H,34,37)(H,38,39). The van der Waals surface area contributed by atoms with Crippen molar-refractivity contribution in [2.75, 3.05) is 18.9 Å². The van der Waals surface area contributed by atoms with Gasteiger partial charge in [-0.1, -0.05) is 66.7 Å². The van der Waals surface area contributed by atoms with Crippen LogP contribution in [0.15, 0.2) is 78.9 Å². The lowest BCUT2D eigenvalue weighted by Crippen LogP contribution is -2.38. The quantitative estimate of drug-likeness (QED) is 0.220. The largest absolute Gasteiger partial charge is 0.481 e.